The largest absolute Gasteiger partial charge is 0.466 e. The van der Waals surface area contributed by atoms with Gasteiger partial charge >= 0.3 is 5.97 Å². The van der Waals surface area contributed by atoms with Crippen LogP contribution in [0.1, 0.15) is 18.9 Å². The SMILES string of the molecule is CCOC(=O)CC=Cc1coc2ccccc12. The van der Waals surface area contributed by atoms with E-state index in [0.717, 1.165) is 16.5 Å². The van der Waals surface area contributed by atoms with Crippen LogP contribution in [-0.4, -0.2) is 12.6 Å². The van der Waals surface area contributed by atoms with Crippen LogP contribution in [0, 0.1) is 0 Å². The van der Waals surface area contributed by atoms with Crippen LogP contribution in [0.3, 0.4) is 0 Å². The van der Waals surface area contributed by atoms with E-state index in [1.165, 1.54) is 0 Å². The summed E-state index contributed by atoms with van der Waals surface area (Å²) in [6, 6.07) is 7.79. The summed E-state index contributed by atoms with van der Waals surface area (Å²) in [6.45, 7) is 2.21. The maximum atomic E-state index is 11.1. The minimum absolute atomic E-state index is 0.212. The standard InChI is InChI=1S/C14H14O3/c1-2-16-14(15)9-5-6-11-10-17-13-8-4-3-7-12(11)13/h3-8,10H,2,9H2,1H3. The summed E-state index contributed by atoms with van der Waals surface area (Å²) in [4.78, 5) is 11.1. The van der Waals surface area contributed by atoms with E-state index in [1.54, 1.807) is 19.3 Å². The predicted octanol–water partition coefficient (Wildman–Crippen LogP) is 3.40. The highest BCUT2D eigenvalue weighted by atomic mass is 16.5. The zero-order valence-corrected chi connectivity index (χ0v) is 9.68. The maximum absolute atomic E-state index is 11.1. The lowest BCUT2D eigenvalue weighted by molar-refractivity contribution is -0.142. The van der Waals surface area contributed by atoms with E-state index < -0.39 is 0 Å². The number of rotatable bonds is 4. The zero-order valence-electron chi connectivity index (χ0n) is 9.68. The van der Waals surface area contributed by atoms with E-state index in [-0.39, 0.29) is 12.4 Å². The molecule has 0 aliphatic rings. The number of esters is 1. The maximum Gasteiger partial charge on any atom is 0.309 e. The second kappa shape index (κ2) is 5.34. The lowest BCUT2D eigenvalue weighted by Crippen LogP contribution is -2.01. The first-order valence-electron chi connectivity index (χ1n) is 5.59. The van der Waals surface area contributed by atoms with Crippen molar-refractivity contribution in [2.45, 2.75) is 13.3 Å². The highest BCUT2D eigenvalue weighted by Crippen LogP contribution is 2.21. The molecular weight excluding hydrogens is 216 g/mol. The topological polar surface area (TPSA) is 39.4 Å². The summed E-state index contributed by atoms with van der Waals surface area (Å²) >= 11 is 0. The smallest absolute Gasteiger partial charge is 0.309 e. The van der Waals surface area contributed by atoms with Crippen LogP contribution in [0.5, 0.6) is 0 Å². The highest BCUT2D eigenvalue weighted by Gasteiger charge is 2.02. The Kier molecular flexibility index (Phi) is 3.60. The molecule has 0 amide bonds. The van der Waals surface area contributed by atoms with Crippen LogP contribution in [0.2, 0.25) is 0 Å². The molecular formula is C14H14O3. The monoisotopic (exact) mass is 230 g/mol. The third-order valence-corrected chi connectivity index (χ3v) is 2.40. The molecule has 0 saturated carbocycles. The first-order valence-corrected chi connectivity index (χ1v) is 5.59. The van der Waals surface area contributed by atoms with E-state index in [2.05, 4.69) is 0 Å². The Morgan fingerprint density at radius 1 is 1.41 bits per heavy atom. The van der Waals surface area contributed by atoms with Crippen LogP contribution in [-0.2, 0) is 9.53 Å². The number of furan rings is 1. The van der Waals surface area contributed by atoms with Crippen molar-refractivity contribution in [2.75, 3.05) is 6.61 Å². The van der Waals surface area contributed by atoms with Gasteiger partial charge in [-0.1, -0.05) is 30.4 Å². The van der Waals surface area contributed by atoms with Crippen LogP contribution in [0.4, 0.5) is 0 Å². The minimum Gasteiger partial charge on any atom is -0.466 e. The van der Waals surface area contributed by atoms with Gasteiger partial charge < -0.3 is 9.15 Å². The number of ether oxygens (including phenoxy) is 1. The first-order chi connectivity index (χ1) is 8.31. The molecule has 3 heteroatoms. The highest BCUT2D eigenvalue weighted by molar-refractivity contribution is 5.87. The van der Waals surface area contributed by atoms with Crippen molar-refractivity contribution in [1.82, 2.24) is 0 Å². The van der Waals surface area contributed by atoms with Crippen LogP contribution in [0.15, 0.2) is 41.0 Å². The summed E-state index contributed by atoms with van der Waals surface area (Å²) in [7, 11) is 0. The van der Waals surface area contributed by atoms with Gasteiger partial charge in [0.05, 0.1) is 19.3 Å². The van der Waals surface area contributed by atoms with Crippen molar-refractivity contribution in [3.8, 4) is 0 Å². The van der Waals surface area contributed by atoms with Gasteiger partial charge in [0.15, 0.2) is 0 Å². The summed E-state index contributed by atoms with van der Waals surface area (Å²) < 4.78 is 10.2. The van der Waals surface area contributed by atoms with E-state index >= 15 is 0 Å². The summed E-state index contributed by atoms with van der Waals surface area (Å²) in [5, 5.41) is 1.05. The number of fused-ring (bicyclic) bond motifs is 1. The lowest BCUT2D eigenvalue weighted by atomic mass is 10.1. The van der Waals surface area contributed by atoms with Crippen molar-refractivity contribution < 1.29 is 13.9 Å². The Labute approximate surface area is 99.7 Å². The summed E-state index contributed by atoms with van der Waals surface area (Å²) in [5.41, 5.74) is 1.83. The Morgan fingerprint density at radius 3 is 3.06 bits per heavy atom. The van der Waals surface area contributed by atoms with E-state index in [1.807, 2.05) is 30.3 Å². The van der Waals surface area contributed by atoms with Crippen LogP contribution >= 0.6 is 0 Å². The summed E-state index contributed by atoms with van der Waals surface area (Å²) in [6.07, 6.45) is 5.64. The average Bonchev–Trinajstić information content (AvgIpc) is 2.73. The Hall–Kier alpha value is -2.03. The van der Waals surface area contributed by atoms with Crippen molar-refractivity contribution >= 4 is 23.0 Å². The second-order valence-electron chi connectivity index (χ2n) is 3.60. The predicted molar refractivity (Wildman–Crippen MR) is 66.5 cm³/mol. The molecule has 1 heterocycles. The van der Waals surface area contributed by atoms with Gasteiger partial charge in [-0.25, -0.2) is 0 Å². The number of hydrogen-bond acceptors (Lipinski definition) is 3. The molecule has 0 atom stereocenters. The van der Waals surface area contributed by atoms with Gasteiger partial charge in [0.25, 0.3) is 0 Å². The van der Waals surface area contributed by atoms with Crippen molar-refractivity contribution in [1.29, 1.82) is 0 Å². The minimum atomic E-state index is -0.212. The molecule has 1 aromatic carbocycles. The molecule has 1 aromatic heterocycles. The number of benzene rings is 1. The molecule has 2 rings (SSSR count). The Morgan fingerprint density at radius 2 is 2.24 bits per heavy atom. The Bertz CT molecular complexity index is 537. The van der Waals surface area contributed by atoms with Crippen molar-refractivity contribution in [2.24, 2.45) is 0 Å². The summed E-state index contributed by atoms with van der Waals surface area (Å²) in [5.74, 6) is -0.212. The molecule has 0 saturated heterocycles. The van der Waals surface area contributed by atoms with Gasteiger partial charge in [-0.05, 0) is 13.0 Å². The van der Waals surface area contributed by atoms with Gasteiger partial charge in [0.2, 0.25) is 0 Å². The molecule has 0 aliphatic carbocycles. The quantitative estimate of drug-likeness (QED) is 0.756. The molecule has 0 N–H and O–H groups in total. The molecule has 0 fully saturated rings. The normalized spacial score (nSPS) is 11.1. The zero-order chi connectivity index (χ0) is 12.1. The van der Waals surface area contributed by atoms with Gasteiger partial charge in [0, 0.05) is 10.9 Å². The van der Waals surface area contributed by atoms with Crippen LogP contribution in [0.25, 0.3) is 17.0 Å². The number of carbonyl (C=O) groups is 1. The van der Waals surface area contributed by atoms with Gasteiger partial charge in [-0.15, -0.1) is 0 Å². The number of carbonyl (C=O) groups excluding carboxylic acids is 1. The lowest BCUT2D eigenvalue weighted by Gasteiger charge is -1.96. The number of para-hydroxylation sites is 1. The molecule has 0 aliphatic heterocycles. The van der Waals surface area contributed by atoms with Crippen LogP contribution < -0.4 is 0 Å². The molecule has 0 spiro atoms. The Balaban J connectivity index is 2.08. The molecule has 88 valence electrons. The number of hydrogen-bond donors (Lipinski definition) is 0. The fourth-order valence-corrected chi connectivity index (χ4v) is 1.63. The van der Waals surface area contributed by atoms with E-state index in [4.69, 9.17) is 9.15 Å². The van der Waals surface area contributed by atoms with Gasteiger partial charge in [0.1, 0.15) is 5.58 Å². The average molecular weight is 230 g/mol. The first kappa shape index (κ1) is 11.5. The van der Waals surface area contributed by atoms with E-state index in [9.17, 15) is 4.79 Å². The second-order valence-corrected chi connectivity index (χ2v) is 3.60. The molecule has 17 heavy (non-hydrogen) atoms. The van der Waals surface area contributed by atoms with Gasteiger partial charge in [-0.3, -0.25) is 4.79 Å². The third kappa shape index (κ3) is 2.75. The van der Waals surface area contributed by atoms with Gasteiger partial charge in [-0.2, -0.15) is 0 Å². The third-order valence-electron chi connectivity index (χ3n) is 2.40. The van der Waals surface area contributed by atoms with Crippen molar-refractivity contribution in [3.63, 3.8) is 0 Å². The van der Waals surface area contributed by atoms with Crippen molar-refractivity contribution in [3.05, 3.63) is 42.2 Å². The molecule has 0 unspecified atom stereocenters. The molecule has 0 bridgehead atoms. The fourth-order valence-electron chi connectivity index (χ4n) is 1.63. The van der Waals surface area contributed by atoms with E-state index in [0.29, 0.717) is 6.61 Å². The molecule has 3 nitrogen and oxygen atoms in total. The molecule has 2 aromatic rings. The fraction of sp³-hybridized carbons (Fsp3) is 0.214. The molecule has 0 radical (unpaired) electrons.